The zero-order valence-electron chi connectivity index (χ0n) is 14.6. The van der Waals surface area contributed by atoms with Crippen LogP contribution in [0.5, 0.6) is 23.0 Å². The number of allylic oxidation sites excluding steroid dienone is 1. The van der Waals surface area contributed by atoms with Gasteiger partial charge >= 0.3 is 0 Å². The number of hydrogen-bond acceptors (Lipinski definition) is 5. The predicted octanol–water partition coefficient (Wildman–Crippen LogP) is 4.09. The lowest BCUT2D eigenvalue weighted by atomic mass is 10.1. The third-order valence-electron chi connectivity index (χ3n) is 3.54. The number of methoxy groups -OCH3 is 2. The number of ether oxygens (including phenoxy) is 3. The van der Waals surface area contributed by atoms with E-state index in [0.717, 1.165) is 17.7 Å². The smallest absolute Gasteiger partial charge is 0.193 e. The van der Waals surface area contributed by atoms with Crippen LogP contribution in [0.25, 0.3) is 6.08 Å². The van der Waals surface area contributed by atoms with Crippen molar-refractivity contribution in [3.63, 3.8) is 0 Å². The van der Waals surface area contributed by atoms with E-state index in [1.54, 1.807) is 19.3 Å². The van der Waals surface area contributed by atoms with Crippen molar-refractivity contribution in [1.82, 2.24) is 0 Å². The van der Waals surface area contributed by atoms with Gasteiger partial charge in [-0.1, -0.05) is 25.1 Å². The highest BCUT2D eigenvalue weighted by molar-refractivity contribution is 6.10. The molecule has 0 bridgehead atoms. The second-order valence-corrected chi connectivity index (χ2v) is 5.34. The monoisotopic (exact) mass is 342 g/mol. The molecule has 0 radical (unpaired) electrons. The molecule has 0 aliphatic heterocycles. The lowest BCUT2D eigenvalue weighted by Crippen LogP contribution is -2.02. The Labute approximate surface area is 147 Å². The average Bonchev–Trinajstić information content (AvgIpc) is 2.64. The molecule has 0 saturated carbocycles. The zero-order valence-corrected chi connectivity index (χ0v) is 14.6. The molecular weight excluding hydrogens is 320 g/mol. The molecule has 1 N–H and O–H groups in total. The Morgan fingerprint density at radius 1 is 1.08 bits per heavy atom. The van der Waals surface area contributed by atoms with Gasteiger partial charge in [-0.05, 0) is 30.2 Å². The standard InChI is InChI=1S/C20H22O5/c1-4-11-25-16-12-18(22)20(19(13-16)24-3)17(21)10-7-14-5-8-15(23-2)9-6-14/h5-10,12-13,22H,4,11H2,1-3H3/b10-7+. The van der Waals surface area contributed by atoms with Gasteiger partial charge in [-0.15, -0.1) is 0 Å². The van der Waals surface area contributed by atoms with Gasteiger partial charge in [0.2, 0.25) is 0 Å². The van der Waals surface area contributed by atoms with Gasteiger partial charge in [-0.3, -0.25) is 4.79 Å². The summed E-state index contributed by atoms with van der Waals surface area (Å²) in [5, 5.41) is 10.2. The third-order valence-corrected chi connectivity index (χ3v) is 3.54. The molecule has 0 spiro atoms. The number of carbonyl (C=O) groups excluding carboxylic acids is 1. The van der Waals surface area contributed by atoms with Crippen LogP contribution in [0, 0.1) is 0 Å². The van der Waals surface area contributed by atoms with Crippen molar-refractivity contribution in [2.24, 2.45) is 0 Å². The first kappa shape index (κ1) is 18.4. The van der Waals surface area contributed by atoms with E-state index in [1.807, 2.05) is 31.2 Å². The minimum Gasteiger partial charge on any atom is -0.507 e. The van der Waals surface area contributed by atoms with E-state index >= 15 is 0 Å². The molecule has 0 heterocycles. The fourth-order valence-electron chi connectivity index (χ4n) is 2.26. The van der Waals surface area contributed by atoms with Crippen LogP contribution in [0.15, 0.2) is 42.5 Å². The summed E-state index contributed by atoms with van der Waals surface area (Å²) in [6.45, 7) is 2.51. The summed E-state index contributed by atoms with van der Waals surface area (Å²) < 4.78 is 15.8. The molecule has 0 saturated heterocycles. The highest BCUT2D eigenvalue weighted by atomic mass is 16.5. The minimum absolute atomic E-state index is 0.108. The highest BCUT2D eigenvalue weighted by Gasteiger charge is 2.17. The molecule has 2 aromatic carbocycles. The van der Waals surface area contributed by atoms with Gasteiger partial charge in [0, 0.05) is 12.1 Å². The molecule has 132 valence electrons. The molecular formula is C20H22O5. The normalized spacial score (nSPS) is 10.7. The Hall–Kier alpha value is -2.95. The van der Waals surface area contributed by atoms with Crippen LogP contribution >= 0.6 is 0 Å². The summed E-state index contributed by atoms with van der Waals surface area (Å²) >= 11 is 0. The number of carbonyl (C=O) groups is 1. The maximum Gasteiger partial charge on any atom is 0.193 e. The van der Waals surface area contributed by atoms with Crippen LogP contribution < -0.4 is 14.2 Å². The lowest BCUT2D eigenvalue weighted by Gasteiger charge is -2.12. The summed E-state index contributed by atoms with van der Waals surface area (Å²) in [7, 11) is 3.04. The van der Waals surface area contributed by atoms with E-state index in [4.69, 9.17) is 14.2 Å². The van der Waals surface area contributed by atoms with Crippen LogP contribution in [0.4, 0.5) is 0 Å². The van der Waals surface area contributed by atoms with E-state index < -0.39 is 0 Å². The Morgan fingerprint density at radius 3 is 2.40 bits per heavy atom. The SMILES string of the molecule is CCCOc1cc(O)c(C(=O)/C=C/c2ccc(OC)cc2)c(OC)c1. The molecule has 0 aromatic heterocycles. The second kappa shape index (κ2) is 8.78. The highest BCUT2D eigenvalue weighted by Crippen LogP contribution is 2.34. The van der Waals surface area contributed by atoms with E-state index in [9.17, 15) is 9.90 Å². The van der Waals surface area contributed by atoms with Gasteiger partial charge in [0.15, 0.2) is 5.78 Å². The van der Waals surface area contributed by atoms with Gasteiger partial charge in [-0.2, -0.15) is 0 Å². The number of hydrogen-bond donors (Lipinski definition) is 1. The van der Waals surface area contributed by atoms with Crippen LogP contribution in [-0.2, 0) is 0 Å². The van der Waals surface area contributed by atoms with Crippen LogP contribution in [-0.4, -0.2) is 31.7 Å². The summed E-state index contributed by atoms with van der Waals surface area (Å²) in [6, 6.07) is 10.3. The first-order valence-corrected chi connectivity index (χ1v) is 7.99. The van der Waals surface area contributed by atoms with E-state index in [2.05, 4.69) is 0 Å². The largest absolute Gasteiger partial charge is 0.507 e. The van der Waals surface area contributed by atoms with Crippen molar-refractivity contribution in [3.05, 3.63) is 53.6 Å². The van der Waals surface area contributed by atoms with Crippen LogP contribution in [0.1, 0.15) is 29.3 Å². The number of benzene rings is 2. The second-order valence-electron chi connectivity index (χ2n) is 5.34. The van der Waals surface area contributed by atoms with Gasteiger partial charge in [0.05, 0.1) is 20.8 Å². The molecule has 0 atom stereocenters. The molecule has 2 aromatic rings. The maximum atomic E-state index is 12.5. The Bertz CT molecular complexity index is 747. The van der Waals surface area contributed by atoms with Gasteiger partial charge in [0.1, 0.15) is 28.6 Å². The fourth-order valence-corrected chi connectivity index (χ4v) is 2.26. The number of phenols is 1. The fraction of sp³-hybridized carbons (Fsp3) is 0.250. The summed E-state index contributed by atoms with van der Waals surface area (Å²) in [6.07, 6.45) is 3.91. The number of rotatable bonds is 8. The molecule has 25 heavy (non-hydrogen) atoms. The van der Waals surface area contributed by atoms with Crippen molar-refractivity contribution in [1.29, 1.82) is 0 Å². The molecule has 5 nitrogen and oxygen atoms in total. The van der Waals surface area contributed by atoms with Crippen molar-refractivity contribution < 1.29 is 24.1 Å². The van der Waals surface area contributed by atoms with E-state index in [-0.39, 0.29) is 22.8 Å². The third kappa shape index (κ3) is 4.76. The maximum absolute atomic E-state index is 12.5. The molecule has 0 fully saturated rings. The Balaban J connectivity index is 2.23. The first-order chi connectivity index (χ1) is 12.1. The molecule has 0 amide bonds. The van der Waals surface area contributed by atoms with Gasteiger partial charge in [-0.25, -0.2) is 0 Å². The topological polar surface area (TPSA) is 65.0 Å². The van der Waals surface area contributed by atoms with Crippen LogP contribution in [0.3, 0.4) is 0 Å². The molecule has 0 aliphatic rings. The summed E-state index contributed by atoms with van der Waals surface area (Å²) in [5.74, 6) is 0.954. The van der Waals surface area contributed by atoms with Crippen LogP contribution in [0.2, 0.25) is 0 Å². The minimum atomic E-state index is -0.354. The Kier molecular flexibility index (Phi) is 6.46. The van der Waals surface area contributed by atoms with E-state index in [0.29, 0.717) is 12.4 Å². The van der Waals surface area contributed by atoms with Crippen molar-refractivity contribution in [3.8, 4) is 23.0 Å². The van der Waals surface area contributed by atoms with Gasteiger partial charge < -0.3 is 19.3 Å². The lowest BCUT2D eigenvalue weighted by molar-refractivity contribution is 0.104. The molecule has 0 unspecified atom stereocenters. The number of aromatic hydroxyl groups is 1. The quantitative estimate of drug-likeness (QED) is 0.578. The average molecular weight is 342 g/mol. The van der Waals surface area contributed by atoms with Crippen molar-refractivity contribution in [2.45, 2.75) is 13.3 Å². The molecule has 2 rings (SSSR count). The Morgan fingerprint density at radius 2 is 1.80 bits per heavy atom. The zero-order chi connectivity index (χ0) is 18.2. The van der Waals surface area contributed by atoms with Crippen molar-refractivity contribution in [2.75, 3.05) is 20.8 Å². The first-order valence-electron chi connectivity index (χ1n) is 7.99. The van der Waals surface area contributed by atoms with Gasteiger partial charge in [0.25, 0.3) is 0 Å². The molecule has 5 heteroatoms. The van der Waals surface area contributed by atoms with Crippen molar-refractivity contribution >= 4 is 11.9 Å². The summed E-state index contributed by atoms with van der Waals surface area (Å²) in [5.41, 5.74) is 0.951. The summed E-state index contributed by atoms with van der Waals surface area (Å²) in [4.78, 5) is 12.5. The number of phenolic OH excluding ortho intramolecular Hbond substituents is 1. The molecule has 0 aliphatic carbocycles. The predicted molar refractivity (Wildman–Crippen MR) is 96.8 cm³/mol. The number of ketones is 1. The van der Waals surface area contributed by atoms with E-state index in [1.165, 1.54) is 19.3 Å².